The Bertz CT molecular complexity index is 1030. The van der Waals surface area contributed by atoms with E-state index in [1.54, 1.807) is 0 Å². The van der Waals surface area contributed by atoms with Gasteiger partial charge in [0.1, 0.15) is 5.82 Å². The lowest BCUT2D eigenvalue weighted by Crippen LogP contribution is -2.31. The van der Waals surface area contributed by atoms with Gasteiger partial charge in [-0.3, -0.25) is 14.4 Å². The SMILES string of the molecule is CON(C)S(=O)(=O)c1cccc(C(=O)NC(CC(=O)O)c2ccc(Cl)c(F)c2)c1. The van der Waals surface area contributed by atoms with Crippen molar-refractivity contribution in [1.82, 2.24) is 9.79 Å². The van der Waals surface area contributed by atoms with E-state index in [4.69, 9.17) is 16.7 Å². The average molecular weight is 445 g/mol. The molecule has 2 aromatic rings. The fourth-order valence-corrected chi connectivity index (χ4v) is 3.58. The molecule has 156 valence electrons. The smallest absolute Gasteiger partial charge is 0.305 e. The molecule has 0 bridgehead atoms. The first kappa shape index (κ1) is 22.8. The maximum Gasteiger partial charge on any atom is 0.305 e. The Hall–Kier alpha value is -2.53. The number of rotatable bonds is 8. The largest absolute Gasteiger partial charge is 0.481 e. The molecule has 0 saturated carbocycles. The molecule has 1 amide bonds. The third-order valence-electron chi connectivity index (χ3n) is 4.02. The van der Waals surface area contributed by atoms with Gasteiger partial charge in [0.15, 0.2) is 0 Å². The zero-order chi connectivity index (χ0) is 21.8. The first-order chi connectivity index (χ1) is 13.6. The third-order valence-corrected chi connectivity index (χ3v) is 6.00. The van der Waals surface area contributed by atoms with E-state index < -0.39 is 40.2 Å². The van der Waals surface area contributed by atoms with Crippen LogP contribution in [0.1, 0.15) is 28.4 Å². The van der Waals surface area contributed by atoms with Crippen molar-refractivity contribution in [2.45, 2.75) is 17.4 Å². The highest BCUT2D eigenvalue weighted by Crippen LogP contribution is 2.23. The molecule has 0 fully saturated rings. The molecule has 0 heterocycles. The minimum atomic E-state index is -3.98. The van der Waals surface area contributed by atoms with Gasteiger partial charge in [-0.2, -0.15) is 0 Å². The number of hydroxylamine groups is 1. The lowest BCUT2D eigenvalue weighted by molar-refractivity contribution is -0.137. The van der Waals surface area contributed by atoms with E-state index in [0.717, 1.165) is 12.1 Å². The molecule has 0 saturated heterocycles. The summed E-state index contributed by atoms with van der Waals surface area (Å²) in [6, 6.07) is 7.75. The second-order valence-electron chi connectivity index (χ2n) is 5.92. The summed E-state index contributed by atoms with van der Waals surface area (Å²) < 4.78 is 39.1. The number of amides is 1. The molecule has 0 aromatic heterocycles. The standard InChI is InChI=1S/C18H18ClFN2O6S/c1-22(28-2)29(26,27)13-5-3-4-12(8-13)18(25)21-16(10-17(23)24)11-6-7-14(19)15(20)9-11/h3-9,16H,10H2,1-2H3,(H,21,25)(H,23,24). The molecule has 0 radical (unpaired) electrons. The predicted octanol–water partition coefficient (Wildman–Crippen LogP) is 2.61. The Morgan fingerprint density at radius 3 is 2.55 bits per heavy atom. The zero-order valence-corrected chi connectivity index (χ0v) is 17.0. The van der Waals surface area contributed by atoms with Crippen molar-refractivity contribution in [3.05, 3.63) is 64.4 Å². The van der Waals surface area contributed by atoms with E-state index in [-0.39, 0.29) is 21.0 Å². The molecule has 2 aromatic carbocycles. The van der Waals surface area contributed by atoms with Gasteiger partial charge in [-0.05, 0) is 35.9 Å². The van der Waals surface area contributed by atoms with Gasteiger partial charge in [0, 0.05) is 12.6 Å². The van der Waals surface area contributed by atoms with Gasteiger partial charge in [0.25, 0.3) is 15.9 Å². The summed E-state index contributed by atoms with van der Waals surface area (Å²) in [5, 5.41) is 11.5. The van der Waals surface area contributed by atoms with Gasteiger partial charge < -0.3 is 10.4 Å². The predicted molar refractivity (Wildman–Crippen MR) is 102 cm³/mol. The number of aliphatic carboxylic acids is 1. The minimum absolute atomic E-state index is 0.0274. The van der Waals surface area contributed by atoms with E-state index in [0.29, 0.717) is 4.47 Å². The highest BCUT2D eigenvalue weighted by Gasteiger charge is 2.24. The summed E-state index contributed by atoms with van der Waals surface area (Å²) in [5.74, 6) is -2.71. The first-order valence-electron chi connectivity index (χ1n) is 8.17. The fourth-order valence-electron chi connectivity index (χ4n) is 2.44. The maximum atomic E-state index is 13.8. The van der Waals surface area contributed by atoms with Gasteiger partial charge >= 0.3 is 5.97 Å². The van der Waals surface area contributed by atoms with Crippen LogP contribution in [0, 0.1) is 5.82 Å². The quantitative estimate of drug-likeness (QED) is 0.605. The highest BCUT2D eigenvalue weighted by atomic mass is 35.5. The lowest BCUT2D eigenvalue weighted by atomic mass is 10.0. The molecule has 0 aliphatic carbocycles. The Morgan fingerprint density at radius 1 is 1.28 bits per heavy atom. The molecular weight excluding hydrogens is 427 g/mol. The second-order valence-corrected chi connectivity index (χ2v) is 8.27. The van der Waals surface area contributed by atoms with Crippen molar-refractivity contribution in [2.75, 3.05) is 14.2 Å². The summed E-state index contributed by atoms with van der Waals surface area (Å²) in [7, 11) is -1.61. The highest BCUT2D eigenvalue weighted by molar-refractivity contribution is 7.89. The number of hydrogen-bond donors (Lipinski definition) is 2. The second kappa shape index (κ2) is 9.31. The number of halogens is 2. The van der Waals surface area contributed by atoms with Crippen molar-refractivity contribution < 1.29 is 32.3 Å². The van der Waals surface area contributed by atoms with Crippen LogP contribution in [-0.4, -0.2) is 44.0 Å². The summed E-state index contributed by atoms with van der Waals surface area (Å²) >= 11 is 5.64. The number of carboxylic acid groups (broad SMARTS) is 1. The molecule has 2 N–H and O–H groups in total. The molecule has 2 rings (SSSR count). The van der Waals surface area contributed by atoms with Crippen LogP contribution in [0.4, 0.5) is 4.39 Å². The van der Waals surface area contributed by atoms with Crippen LogP contribution in [0.3, 0.4) is 0 Å². The Labute approximate surface area is 171 Å². The summed E-state index contributed by atoms with van der Waals surface area (Å²) in [4.78, 5) is 28.3. The number of sulfonamides is 1. The average Bonchev–Trinajstić information content (AvgIpc) is 2.68. The van der Waals surface area contributed by atoms with Crippen LogP contribution in [0.15, 0.2) is 47.4 Å². The Morgan fingerprint density at radius 2 is 1.97 bits per heavy atom. The van der Waals surface area contributed by atoms with E-state index in [2.05, 4.69) is 10.2 Å². The number of hydrogen-bond acceptors (Lipinski definition) is 5. The van der Waals surface area contributed by atoms with E-state index >= 15 is 0 Å². The van der Waals surface area contributed by atoms with Gasteiger partial charge in [-0.15, -0.1) is 0 Å². The molecule has 0 aliphatic rings. The van der Waals surface area contributed by atoms with Crippen molar-refractivity contribution in [3.63, 3.8) is 0 Å². The van der Waals surface area contributed by atoms with Crippen molar-refractivity contribution in [3.8, 4) is 0 Å². The third kappa shape index (κ3) is 5.51. The van der Waals surface area contributed by atoms with Crippen LogP contribution < -0.4 is 5.32 Å². The van der Waals surface area contributed by atoms with Crippen LogP contribution in [0.2, 0.25) is 5.02 Å². The van der Waals surface area contributed by atoms with E-state index in [1.165, 1.54) is 44.5 Å². The molecule has 11 heteroatoms. The number of nitrogens with zero attached hydrogens (tertiary/aromatic N) is 1. The van der Waals surface area contributed by atoms with Gasteiger partial charge in [0.2, 0.25) is 0 Å². The Kier molecular flexibility index (Phi) is 7.31. The molecule has 1 unspecified atom stereocenters. The molecule has 8 nitrogen and oxygen atoms in total. The Balaban J connectivity index is 2.33. The molecular formula is C18H18ClFN2O6S. The maximum absolute atomic E-state index is 13.8. The number of carboxylic acids is 1. The first-order valence-corrected chi connectivity index (χ1v) is 9.98. The lowest BCUT2D eigenvalue weighted by Gasteiger charge is -2.18. The monoisotopic (exact) mass is 444 g/mol. The zero-order valence-electron chi connectivity index (χ0n) is 15.4. The number of carbonyl (C=O) groups is 2. The van der Waals surface area contributed by atoms with Crippen molar-refractivity contribution in [2.24, 2.45) is 0 Å². The van der Waals surface area contributed by atoms with E-state index in [1.807, 2.05) is 0 Å². The fraction of sp³-hybridized carbons (Fsp3) is 0.222. The van der Waals surface area contributed by atoms with Crippen LogP contribution in [0.5, 0.6) is 0 Å². The van der Waals surface area contributed by atoms with Gasteiger partial charge in [-0.1, -0.05) is 28.2 Å². The number of benzene rings is 2. The summed E-state index contributed by atoms with van der Waals surface area (Å²) in [5.41, 5.74) is 0.172. The topological polar surface area (TPSA) is 113 Å². The van der Waals surface area contributed by atoms with Crippen LogP contribution in [-0.2, 0) is 19.7 Å². The molecule has 1 atom stereocenters. The van der Waals surface area contributed by atoms with Crippen molar-refractivity contribution >= 4 is 33.5 Å². The van der Waals surface area contributed by atoms with E-state index in [9.17, 15) is 22.4 Å². The molecule has 0 spiro atoms. The van der Waals surface area contributed by atoms with Gasteiger partial charge in [0.05, 0.1) is 29.5 Å². The molecule has 0 aliphatic heterocycles. The van der Waals surface area contributed by atoms with Gasteiger partial charge in [-0.25, -0.2) is 12.8 Å². The number of nitrogens with one attached hydrogen (secondary N) is 1. The minimum Gasteiger partial charge on any atom is -0.481 e. The summed E-state index contributed by atoms with van der Waals surface area (Å²) in [6.07, 6.45) is -0.517. The number of carbonyl (C=O) groups excluding carboxylic acids is 1. The normalized spacial score (nSPS) is 12.6. The summed E-state index contributed by atoms with van der Waals surface area (Å²) in [6.45, 7) is 0. The van der Waals surface area contributed by atoms with Crippen molar-refractivity contribution in [1.29, 1.82) is 0 Å². The molecule has 29 heavy (non-hydrogen) atoms. The van der Waals surface area contributed by atoms with Crippen LogP contribution >= 0.6 is 11.6 Å². The van der Waals surface area contributed by atoms with Crippen LogP contribution in [0.25, 0.3) is 0 Å².